The van der Waals surface area contributed by atoms with E-state index in [0.29, 0.717) is 6.42 Å². The maximum atomic E-state index is 10.7. The molecule has 0 saturated carbocycles. The largest absolute Gasteiger partial charge is 0.483 e. The molecule has 0 radical (unpaired) electrons. The molecule has 1 heterocycles. The van der Waals surface area contributed by atoms with Crippen LogP contribution in [0.5, 0.6) is 0 Å². The SMILES string of the molecule is C[C@H]1C=C(C(=O)O)OC(C[C@H](O)CO)C1. The van der Waals surface area contributed by atoms with Crippen LogP contribution < -0.4 is 0 Å². The summed E-state index contributed by atoms with van der Waals surface area (Å²) in [5.41, 5.74) is 0. The van der Waals surface area contributed by atoms with E-state index in [9.17, 15) is 9.90 Å². The van der Waals surface area contributed by atoms with Gasteiger partial charge in [-0.2, -0.15) is 0 Å². The van der Waals surface area contributed by atoms with Gasteiger partial charge in [0.15, 0.2) is 0 Å². The maximum Gasteiger partial charge on any atom is 0.370 e. The second-order valence-corrected chi connectivity index (χ2v) is 3.86. The lowest BCUT2D eigenvalue weighted by Crippen LogP contribution is -2.29. The van der Waals surface area contributed by atoms with Crippen LogP contribution in [0.3, 0.4) is 0 Å². The smallest absolute Gasteiger partial charge is 0.370 e. The Kier molecular flexibility index (Phi) is 4.11. The highest BCUT2D eigenvalue weighted by Gasteiger charge is 2.26. The van der Waals surface area contributed by atoms with Gasteiger partial charge in [0.2, 0.25) is 5.76 Å². The third-order valence-electron chi connectivity index (χ3n) is 2.32. The summed E-state index contributed by atoms with van der Waals surface area (Å²) >= 11 is 0. The fourth-order valence-electron chi connectivity index (χ4n) is 1.65. The van der Waals surface area contributed by atoms with Gasteiger partial charge in [-0.15, -0.1) is 0 Å². The fraction of sp³-hybridized carbons (Fsp3) is 0.700. The number of carboxylic acid groups (broad SMARTS) is 1. The molecule has 1 rings (SSSR count). The number of carboxylic acids is 1. The first-order valence-electron chi connectivity index (χ1n) is 4.93. The van der Waals surface area contributed by atoms with Gasteiger partial charge in [0.05, 0.1) is 12.7 Å². The average Bonchev–Trinajstić information content (AvgIpc) is 2.16. The van der Waals surface area contributed by atoms with Crippen LogP contribution in [0, 0.1) is 5.92 Å². The quantitative estimate of drug-likeness (QED) is 0.621. The van der Waals surface area contributed by atoms with Crippen molar-refractivity contribution in [3.63, 3.8) is 0 Å². The fourth-order valence-corrected chi connectivity index (χ4v) is 1.65. The Morgan fingerprint density at radius 3 is 2.93 bits per heavy atom. The van der Waals surface area contributed by atoms with Crippen LogP contribution >= 0.6 is 0 Å². The topological polar surface area (TPSA) is 87.0 Å². The third-order valence-corrected chi connectivity index (χ3v) is 2.32. The van der Waals surface area contributed by atoms with Gasteiger partial charge < -0.3 is 20.1 Å². The van der Waals surface area contributed by atoms with Crippen molar-refractivity contribution in [1.82, 2.24) is 0 Å². The zero-order valence-corrected chi connectivity index (χ0v) is 8.59. The lowest BCUT2D eigenvalue weighted by atomic mass is 9.96. The predicted molar refractivity (Wildman–Crippen MR) is 52.1 cm³/mol. The molecule has 0 aliphatic carbocycles. The van der Waals surface area contributed by atoms with Crippen molar-refractivity contribution in [3.8, 4) is 0 Å². The van der Waals surface area contributed by atoms with Crippen molar-refractivity contribution in [1.29, 1.82) is 0 Å². The second kappa shape index (κ2) is 5.14. The zero-order chi connectivity index (χ0) is 11.4. The minimum atomic E-state index is -1.09. The first-order valence-corrected chi connectivity index (χ1v) is 4.93. The van der Waals surface area contributed by atoms with Crippen LogP contribution in [0.25, 0.3) is 0 Å². The Morgan fingerprint density at radius 1 is 1.73 bits per heavy atom. The highest BCUT2D eigenvalue weighted by atomic mass is 16.5. The van der Waals surface area contributed by atoms with E-state index in [-0.39, 0.29) is 30.8 Å². The molecule has 86 valence electrons. The summed E-state index contributed by atoms with van der Waals surface area (Å²) in [6.45, 7) is 1.56. The molecule has 1 aliphatic heterocycles. The molecule has 0 spiro atoms. The number of aliphatic hydroxyl groups excluding tert-OH is 2. The Morgan fingerprint density at radius 2 is 2.40 bits per heavy atom. The standard InChI is InChI=1S/C10H16O5/c1-6-2-8(4-7(12)5-11)15-9(3-6)10(13)14/h3,6-8,11-12H,2,4-5H2,1H3,(H,13,14)/t6-,7+,8?/m1/s1. The van der Waals surface area contributed by atoms with Gasteiger partial charge in [-0.25, -0.2) is 4.79 Å². The predicted octanol–water partition coefficient (Wildman–Crippen LogP) is 0.123. The number of aliphatic hydroxyl groups is 2. The van der Waals surface area contributed by atoms with Gasteiger partial charge in [0, 0.05) is 6.42 Å². The van der Waals surface area contributed by atoms with Crippen molar-refractivity contribution < 1.29 is 24.9 Å². The van der Waals surface area contributed by atoms with E-state index >= 15 is 0 Å². The molecule has 1 aliphatic rings. The Hall–Kier alpha value is -1.07. The first kappa shape index (κ1) is 12.0. The van der Waals surface area contributed by atoms with E-state index in [1.165, 1.54) is 0 Å². The minimum Gasteiger partial charge on any atom is -0.483 e. The van der Waals surface area contributed by atoms with Gasteiger partial charge in [0.25, 0.3) is 0 Å². The summed E-state index contributed by atoms with van der Waals surface area (Å²) < 4.78 is 5.18. The lowest BCUT2D eigenvalue weighted by Gasteiger charge is -2.27. The summed E-state index contributed by atoms with van der Waals surface area (Å²) in [5, 5.41) is 26.7. The maximum absolute atomic E-state index is 10.7. The average molecular weight is 216 g/mol. The van der Waals surface area contributed by atoms with Crippen LogP contribution in [0.2, 0.25) is 0 Å². The van der Waals surface area contributed by atoms with E-state index in [1.54, 1.807) is 6.08 Å². The van der Waals surface area contributed by atoms with Crippen molar-refractivity contribution in [2.75, 3.05) is 6.61 Å². The molecular weight excluding hydrogens is 200 g/mol. The lowest BCUT2D eigenvalue weighted by molar-refractivity contribution is -0.139. The van der Waals surface area contributed by atoms with Crippen LogP contribution in [0.15, 0.2) is 11.8 Å². The van der Waals surface area contributed by atoms with E-state index in [4.69, 9.17) is 14.9 Å². The van der Waals surface area contributed by atoms with Crippen molar-refractivity contribution in [2.24, 2.45) is 5.92 Å². The Balaban J connectivity index is 2.58. The molecular formula is C10H16O5. The molecule has 0 aromatic rings. The Bertz CT molecular complexity index is 261. The summed E-state index contributed by atoms with van der Waals surface area (Å²) in [7, 11) is 0. The molecule has 5 nitrogen and oxygen atoms in total. The van der Waals surface area contributed by atoms with Crippen LogP contribution in [-0.2, 0) is 9.53 Å². The number of allylic oxidation sites excluding steroid dienone is 1. The first-order chi connectivity index (χ1) is 7.02. The summed E-state index contributed by atoms with van der Waals surface area (Å²) in [5.74, 6) is -1.05. The minimum absolute atomic E-state index is 0.0658. The van der Waals surface area contributed by atoms with E-state index in [0.717, 1.165) is 0 Å². The molecule has 15 heavy (non-hydrogen) atoms. The van der Waals surface area contributed by atoms with Crippen LogP contribution in [0.1, 0.15) is 19.8 Å². The molecule has 0 aromatic heterocycles. The zero-order valence-electron chi connectivity index (χ0n) is 8.59. The molecule has 5 heteroatoms. The normalized spacial score (nSPS) is 27.8. The molecule has 1 unspecified atom stereocenters. The highest BCUT2D eigenvalue weighted by molar-refractivity contribution is 5.84. The second-order valence-electron chi connectivity index (χ2n) is 3.86. The number of aliphatic carboxylic acids is 1. The third kappa shape index (κ3) is 3.53. The van der Waals surface area contributed by atoms with E-state index < -0.39 is 12.1 Å². The summed E-state index contributed by atoms with van der Waals surface area (Å²) in [4.78, 5) is 10.7. The van der Waals surface area contributed by atoms with Gasteiger partial charge in [-0.3, -0.25) is 0 Å². The number of hydrogen-bond donors (Lipinski definition) is 3. The van der Waals surface area contributed by atoms with Gasteiger partial charge in [0.1, 0.15) is 6.10 Å². The van der Waals surface area contributed by atoms with E-state index in [1.807, 2.05) is 6.92 Å². The number of rotatable bonds is 4. The molecule has 3 N–H and O–H groups in total. The van der Waals surface area contributed by atoms with Crippen molar-refractivity contribution >= 4 is 5.97 Å². The van der Waals surface area contributed by atoms with Crippen molar-refractivity contribution in [3.05, 3.63) is 11.8 Å². The van der Waals surface area contributed by atoms with Crippen LogP contribution in [-0.4, -0.2) is 40.1 Å². The van der Waals surface area contributed by atoms with E-state index in [2.05, 4.69) is 0 Å². The molecule has 0 amide bonds. The molecule has 0 bridgehead atoms. The molecule has 0 saturated heterocycles. The molecule has 3 atom stereocenters. The highest BCUT2D eigenvalue weighted by Crippen LogP contribution is 2.24. The van der Waals surface area contributed by atoms with Crippen LogP contribution in [0.4, 0.5) is 0 Å². The molecule has 0 aromatic carbocycles. The monoisotopic (exact) mass is 216 g/mol. The number of ether oxygens (including phenoxy) is 1. The van der Waals surface area contributed by atoms with Gasteiger partial charge >= 0.3 is 5.97 Å². The summed E-state index contributed by atoms with van der Waals surface area (Å²) in [6.07, 6.45) is 1.29. The number of hydrogen-bond acceptors (Lipinski definition) is 4. The Labute approximate surface area is 88.0 Å². The van der Waals surface area contributed by atoms with Gasteiger partial charge in [-0.05, 0) is 18.4 Å². The van der Waals surface area contributed by atoms with Crippen molar-refractivity contribution in [2.45, 2.75) is 32.0 Å². The number of carbonyl (C=O) groups is 1. The molecule has 0 fully saturated rings. The summed E-state index contributed by atoms with van der Waals surface area (Å²) in [6, 6.07) is 0. The van der Waals surface area contributed by atoms with Gasteiger partial charge in [-0.1, -0.05) is 6.92 Å².